The first-order valence-corrected chi connectivity index (χ1v) is 7.04. The lowest BCUT2D eigenvalue weighted by atomic mass is 9.81. The molecule has 2 heteroatoms. The van der Waals surface area contributed by atoms with Crippen molar-refractivity contribution in [2.75, 3.05) is 7.05 Å². The first kappa shape index (κ1) is 16.0. The molecular formula is C19H20IN. The fourth-order valence-electron chi connectivity index (χ4n) is 3.04. The SMILES string of the molecule is C[N+]1=C(/C=C/c2ccccc2)C(C)(C)c2ccccc21.[I-]. The molecule has 108 valence electrons. The van der Waals surface area contributed by atoms with Crippen LogP contribution in [0.1, 0.15) is 25.0 Å². The molecule has 0 N–H and O–H groups in total. The van der Waals surface area contributed by atoms with E-state index in [0.29, 0.717) is 0 Å². The van der Waals surface area contributed by atoms with Crippen molar-refractivity contribution in [1.29, 1.82) is 0 Å². The van der Waals surface area contributed by atoms with Gasteiger partial charge >= 0.3 is 0 Å². The fourth-order valence-corrected chi connectivity index (χ4v) is 3.04. The van der Waals surface area contributed by atoms with Crippen molar-refractivity contribution in [1.82, 2.24) is 0 Å². The molecule has 1 aliphatic rings. The molecule has 0 spiro atoms. The first-order valence-electron chi connectivity index (χ1n) is 7.04. The van der Waals surface area contributed by atoms with E-state index in [1.54, 1.807) is 0 Å². The number of benzene rings is 2. The predicted molar refractivity (Wildman–Crippen MR) is 85.8 cm³/mol. The van der Waals surface area contributed by atoms with Crippen LogP contribution in [0.15, 0.2) is 60.7 Å². The van der Waals surface area contributed by atoms with Gasteiger partial charge in [0.25, 0.3) is 0 Å². The largest absolute Gasteiger partial charge is 1.00 e. The predicted octanol–water partition coefficient (Wildman–Crippen LogP) is 1.41. The third-order valence-electron chi connectivity index (χ3n) is 4.17. The summed E-state index contributed by atoms with van der Waals surface area (Å²) in [6.45, 7) is 4.58. The topological polar surface area (TPSA) is 3.01 Å². The molecule has 1 aliphatic heterocycles. The molecule has 3 rings (SSSR count). The minimum Gasteiger partial charge on any atom is -1.00 e. The number of allylic oxidation sites excluding steroid dienone is 1. The van der Waals surface area contributed by atoms with Crippen LogP contribution in [0.3, 0.4) is 0 Å². The highest BCUT2D eigenvalue weighted by atomic mass is 127. The molecule has 0 radical (unpaired) electrons. The van der Waals surface area contributed by atoms with E-state index in [2.05, 4.69) is 86.2 Å². The van der Waals surface area contributed by atoms with Crippen LogP contribution < -0.4 is 24.0 Å². The lowest BCUT2D eigenvalue weighted by Crippen LogP contribution is -3.00. The van der Waals surface area contributed by atoms with Crippen molar-refractivity contribution in [3.8, 4) is 0 Å². The van der Waals surface area contributed by atoms with Crippen LogP contribution in [-0.2, 0) is 5.41 Å². The third-order valence-corrected chi connectivity index (χ3v) is 4.17. The molecule has 0 fully saturated rings. The van der Waals surface area contributed by atoms with E-state index < -0.39 is 0 Å². The summed E-state index contributed by atoms with van der Waals surface area (Å²) in [7, 11) is 2.15. The van der Waals surface area contributed by atoms with E-state index >= 15 is 0 Å². The lowest BCUT2D eigenvalue weighted by Gasteiger charge is -2.15. The molecule has 21 heavy (non-hydrogen) atoms. The normalized spacial score (nSPS) is 16.0. The second-order valence-corrected chi connectivity index (χ2v) is 5.83. The van der Waals surface area contributed by atoms with Gasteiger partial charge in [-0.15, -0.1) is 0 Å². The van der Waals surface area contributed by atoms with Crippen LogP contribution in [-0.4, -0.2) is 17.3 Å². The van der Waals surface area contributed by atoms with E-state index in [9.17, 15) is 0 Å². The molecule has 0 saturated heterocycles. The summed E-state index contributed by atoms with van der Waals surface area (Å²) in [5.74, 6) is 0. The Kier molecular flexibility index (Phi) is 4.67. The molecule has 1 nitrogen and oxygen atoms in total. The van der Waals surface area contributed by atoms with Crippen molar-refractivity contribution in [3.05, 3.63) is 71.8 Å². The van der Waals surface area contributed by atoms with Gasteiger partial charge in [0.2, 0.25) is 5.69 Å². The average molecular weight is 389 g/mol. The van der Waals surface area contributed by atoms with Gasteiger partial charge in [0, 0.05) is 17.7 Å². The number of hydrogen-bond acceptors (Lipinski definition) is 0. The molecule has 0 amide bonds. The van der Waals surface area contributed by atoms with Gasteiger partial charge < -0.3 is 24.0 Å². The van der Waals surface area contributed by atoms with Gasteiger partial charge in [0.1, 0.15) is 7.05 Å². The van der Waals surface area contributed by atoms with Crippen LogP contribution in [0.4, 0.5) is 5.69 Å². The number of nitrogens with zero attached hydrogens (tertiary/aromatic N) is 1. The Bertz CT molecular complexity index is 697. The number of fused-ring (bicyclic) bond motifs is 1. The van der Waals surface area contributed by atoms with E-state index in [0.717, 1.165) is 0 Å². The van der Waals surface area contributed by atoms with Gasteiger partial charge in [-0.25, -0.2) is 0 Å². The maximum Gasteiger partial charge on any atom is 0.209 e. The Morgan fingerprint density at radius 3 is 2.14 bits per heavy atom. The summed E-state index contributed by atoms with van der Waals surface area (Å²) < 4.78 is 2.30. The average Bonchev–Trinajstić information content (AvgIpc) is 2.66. The summed E-state index contributed by atoms with van der Waals surface area (Å²) >= 11 is 0. The minimum atomic E-state index is 0. The Morgan fingerprint density at radius 1 is 0.857 bits per heavy atom. The molecule has 0 bridgehead atoms. The molecule has 2 aromatic carbocycles. The van der Waals surface area contributed by atoms with E-state index in [-0.39, 0.29) is 29.4 Å². The van der Waals surface area contributed by atoms with E-state index in [1.807, 2.05) is 6.07 Å². The molecule has 1 heterocycles. The minimum absolute atomic E-state index is 0. The Labute approximate surface area is 144 Å². The zero-order valence-electron chi connectivity index (χ0n) is 12.7. The Balaban J connectivity index is 0.00000161. The highest BCUT2D eigenvalue weighted by Gasteiger charge is 2.42. The van der Waals surface area contributed by atoms with Gasteiger partial charge in [-0.05, 0) is 25.5 Å². The number of halogens is 1. The fraction of sp³-hybridized carbons (Fsp3) is 0.211. The summed E-state index contributed by atoms with van der Waals surface area (Å²) in [5, 5.41) is 0. The summed E-state index contributed by atoms with van der Waals surface area (Å²) in [6, 6.07) is 19.1. The van der Waals surface area contributed by atoms with Gasteiger partial charge in [-0.2, -0.15) is 4.58 Å². The number of rotatable bonds is 2. The molecule has 0 unspecified atom stereocenters. The molecular weight excluding hydrogens is 369 g/mol. The van der Waals surface area contributed by atoms with Gasteiger partial charge in [-0.1, -0.05) is 48.5 Å². The van der Waals surface area contributed by atoms with Crippen LogP contribution in [0.25, 0.3) is 6.08 Å². The van der Waals surface area contributed by atoms with Gasteiger partial charge in [0.15, 0.2) is 5.71 Å². The van der Waals surface area contributed by atoms with Crippen LogP contribution in [0.5, 0.6) is 0 Å². The monoisotopic (exact) mass is 389 g/mol. The highest BCUT2D eigenvalue weighted by molar-refractivity contribution is 6.05. The zero-order chi connectivity index (χ0) is 14.2. The van der Waals surface area contributed by atoms with Crippen molar-refractivity contribution < 1.29 is 28.6 Å². The lowest BCUT2D eigenvalue weighted by molar-refractivity contribution is -0.401. The smallest absolute Gasteiger partial charge is 0.209 e. The van der Waals surface area contributed by atoms with E-state index in [1.165, 1.54) is 22.5 Å². The van der Waals surface area contributed by atoms with Crippen LogP contribution in [0, 0.1) is 0 Å². The summed E-state index contributed by atoms with van der Waals surface area (Å²) in [6.07, 6.45) is 4.44. The standard InChI is InChI=1S/C19H20N.HI/c1-19(2)16-11-7-8-12-17(16)20(3)18(19)14-13-15-9-5-4-6-10-15;/h4-14H,1-3H3;1H/q+1;/p-1/b14-13+;. The van der Waals surface area contributed by atoms with Crippen molar-refractivity contribution in [3.63, 3.8) is 0 Å². The van der Waals surface area contributed by atoms with Crippen molar-refractivity contribution in [2.45, 2.75) is 19.3 Å². The maximum absolute atomic E-state index is 2.30. The molecule has 0 atom stereocenters. The first-order chi connectivity index (χ1) is 9.60. The van der Waals surface area contributed by atoms with Crippen molar-refractivity contribution in [2.24, 2.45) is 0 Å². The molecule has 0 aliphatic carbocycles. The zero-order valence-corrected chi connectivity index (χ0v) is 14.8. The van der Waals surface area contributed by atoms with Gasteiger partial charge in [-0.3, -0.25) is 0 Å². The van der Waals surface area contributed by atoms with Crippen LogP contribution in [0.2, 0.25) is 0 Å². The quantitative estimate of drug-likeness (QED) is 0.540. The maximum atomic E-state index is 2.30. The second kappa shape index (κ2) is 6.14. The second-order valence-electron chi connectivity index (χ2n) is 5.83. The summed E-state index contributed by atoms with van der Waals surface area (Å²) in [5.41, 5.74) is 5.33. The molecule has 0 aromatic heterocycles. The molecule has 0 saturated carbocycles. The highest BCUT2D eigenvalue weighted by Crippen LogP contribution is 2.39. The third kappa shape index (κ3) is 2.82. The Morgan fingerprint density at radius 2 is 1.48 bits per heavy atom. The van der Waals surface area contributed by atoms with E-state index in [4.69, 9.17) is 0 Å². The number of para-hydroxylation sites is 1. The van der Waals surface area contributed by atoms with Crippen molar-refractivity contribution >= 4 is 17.5 Å². The van der Waals surface area contributed by atoms with Crippen LogP contribution >= 0.6 is 0 Å². The molecule has 2 aromatic rings. The van der Waals surface area contributed by atoms with Gasteiger partial charge in [0.05, 0.1) is 5.41 Å². The number of hydrogen-bond donors (Lipinski definition) is 0. The summed E-state index contributed by atoms with van der Waals surface area (Å²) in [4.78, 5) is 0. The Hall–Kier alpha value is -1.42.